The Hall–Kier alpha value is -3.42. The average molecular weight is 358 g/mol. The number of amides is 2. The second-order valence-corrected chi connectivity index (χ2v) is 5.24. The van der Waals surface area contributed by atoms with Gasteiger partial charge >= 0.3 is 11.8 Å². The SMILES string of the molecule is C/C(=N/NC(=O)C(=O)N/N=C(/C)c1ccccc1F)c1ccccc1F. The Morgan fingerprint density at radius 1 is 0.731 bits per heavy atom. The molecule has 2 rings (SSSR count). The molecule has 0 unspecified atom stereocenters. The molecule has 2 amide bonds. The molecule has 0 saturated carbocycles. The minimum atomic E-state index is -1.09. The van der Waals surface area contributed by atoms with Gasteiger partial charge in [0, 0.05) is 11.1 Å². The molecule has 26 heavy (non-hydrogen) atoms. The predicted octanol–water partition coefficient (Wildman–Crippen LogP) is 2.35. The summed E-state index contributed by atoms with van der Waals surface area (Å²) in [7, 11) is 0. The summed E-state index contributed by atoms with van der Waals surface area (Å²) < 4.78 is 27.2. The fourth-order valence-electron chi connectivity index (χ4n) is 2.00. The highest BCUT2D eigenvalue weighted by Crippen LogP contribution is 2.08. The van der Waals surface area contributed by atoms with E-state index in [-0.39, 0.29) is 22.6 Å². The molecule has 6 nitrogen and oxygen atoms in total. The highest BCUT2D eigenvalue weighted by Gasteiger charge is 2.13. The van der Waals surface area contributed by atoms with Gasteiger partial charge in [-0.2, -0.15) is 10.2 Å². The summed E-state index contributed by atoms with van der Waals surface area (Å²) in [5.41, 5.74) is 4.79. The number of carbonyl (C=O) groups excluding carboxylic acids is 2. The van der Waals surface area contributed by atoms with Crippen LogP contribution < -0.4 is 10.9 Å². The van der Waals surface area contributed by atoms with Crippen molar-refractivity contribution in [3.63, 3.8) is 0 Å². The third-order valence-corrected chi connectivity index (χ3v) is 3.38. The van der Waals surface area contributed by atoms with E-state index in [9.17, 15) is 18.4 Å². The van der Waals surface area contributed by atoms with Crippen LogP contribution in [0.25, 0.3) is 0 Å². The molecule has 0 saturated heterocycles. The lowest BCUT2D eigenvalue weighted by Gasteiger charge is -2.04. The Morgan fingerprint density at radius 2 is 1.08 bits per heavy atom. The van der Waals surface area contributed by atoms with Crippen LogP contribution in [0.1, 0.15) is 25.0 Å². The number of hydrazone groups is 2. The molecule has 0 radical (unpaired) electrons. The maximum atomic E-state index is 13.6. The van der Waals surface area contributed by atoms with Crippen LogP contribution in [0.15, 0.2) is 58.7 Å². The van der Waals surface area contributed by atoms with E-state index in [1.54, 1.807) is 12.1 Å². The quantitative estimate of drug-likeness (QED) is 0.500. The molecule has 0 aromatic heterocycles. The molecule has 2 aromatic carbocycles. The molecule has 0 aliphatic rings. The number of hydrogen-bond donors (Lipinski definition) is 2. The first-order valence-electron chi connectivity index (χ1n) is 7.59. The van der Waals surface area contributed by atoms with E-state index in [2.05, 4.69) is 10.2 Å². The van der Waals surface area contributed by atoms with Crippen molar-refractivity contribution in [2.24, 2.45) is 10.2 Å². The normalized spacial score (nSPS) is 11.8. The third-order valence-electron chi connectivity index (χ3n) is 3.38. The van der Waals surface area contributed by atoms with Gasteiger partial charge in [0.2, 0.25) is 0 Å². The Labute approximate surface area is 148 Å². The summed E-state index contributed by atoms with van der Waals surface area (Å²) in [6, 6.07) is 11.8. The smallest absolute Gasteiger partial charge is 0.262 e. The number of halogens is 2. The van der Waals surface area contributed by atoms with Gasteiger partial charge in [0.25, 0.3) is 0 Å². The minimum Gasteiger partial charge on any atom is -0.262 e. The Kier molecular flexibility index (Phi) is 6.26. The first-order valence-corrected chi connectivity index (χ1v) is 7.59. The molecule has 0 aliphatic heterocycles. The van der Waals surface area contributed by atoms with Crippen LogP contribution in [-0.4, -0.2) is 23.2 Å². The van der Waals surface area contributed by atoms with Gasteiger partial charge in [0.05, 0.1) is 11.4 Å². The van der Waals surface area contributed by atoms with Gasteiger partial charge < -0.3 is 0 Å². The second-order valence-electron chi connectivity index (χ2n) is 5.24. The fourth-order valence-corrected chi connectivity index (χ4v) is 2.00. The summed E-state index contributed by atoms with van der Waals surface area (Å²) in [6.45, 7) is 2.97. The molecule has 8 heteroatoms. The van der Waals surface area contributed by atoms with Crippen molar-refractivity contribution in [2.45, 2.75) is 13.8 Å². The van der Waals surface area contributed by atoms with Crippen molar-refractivity contribution >= 4 is 23.2 Å². The van der Waals surface area contributed by atoms with Crippen molar-refractivity contribution in [2.75, 3.05) is 0 Å². The fraction of sp³-hybridized carbons (Fsp3) is 0.111. The van der Waals surface area contributed by atoms with Gasteiger partial charge in [-0.15, -0.1) is 0 Å². The van der Waals surface area contributed by atoms with Crippen LogP contribution >= 0.6 is 0 Å². The van der Waals surface area contributed by atoms with Crippen LogP contribution in [-0.2, 0) is 9.59 Å². The Morgan fingerprint density at radius 3 is 1.42 bits per heavy atom. The molecule has 2 aromatic rings. The number of rotatable bonds is 4. The minimum absolute atomic E-state index is 0.190. The van der Waals surface area contributed by atoms with E-state index in [4.69, 9.17) is 0 Å². The van der Waals surface area contributed by atoms with Crippen LogP contribution in [0, 0.1) is 11.6 Å². The van der Waals surface area contributed by atoms with Gasteiger partial charge in [0.1, 0.15) is 11.6 Å². The first kappa shape index (κ1) is 18.9. The van der Waals surface area contributed by atoms with Gasteiger partial charge in [-0.25, -0.2) is 19.6 Å². The van der Waals surface area contributed by atoms with Crippen molar-refractivity contribution < 1.29 is 18.4 Å². The lowest BCUT2D eigenvalue weighted by atomic mass is 10.1. The van der Waals surface area contributed by atoms with Crippen LogP contribution in [0.3, 0.4) is 0 Å². The van der Waals surface area contributed by atoms with E-state index in [0.717, 1.165) is 0 Å². The Bertz CT molecular complexity index is 821. The molecular formula is C18H16F2N4O2. The molecule has 134 valence electrons. The topological polar surface area (TPSA) is 82.9 Å². The van der Waals surface area contributed by atoms with E-state index < -0.39 is 23.4 Å². The molecule has 0 fully saturated rings. The van der Waals surface area contributed by atoms with E-state index >= 15 is 0 Å². The standard InChI is InChI=1S/C18H16F2N4O2/c1-11(13-7-3-5-9-15(13)19)21-23-17(25)18(26)24-22-12(2)14-8-4-6-10-16(14)20/h3-10H,1-2H3,(H,23,25)(H,24,26)/b21-11-,22-12-. The maximum absolute atomic E-state index is 13.6. The first-order chi connectivity index (χ1) is 12.4. The van der Waals surface area contributed by atoms with Gasteiger partial charge in [-0.3, -0.25) is 9.59 Å². The molecule has 0 atom stereocenters. The molecule has 0 aliphatic carbocycles. The van der Waals surface area contributed by atoms with Crippen molar-refractivity contribution in [3.8, 4) is 0 Å². The second kappa shape index (κ2) is 8.61. The summed E-state index contributed by atoms with van der Waals surface area (Å²) in [6.07, 6.45) is 0. The van der Waals surface area contributed by atoms with Crippen molar-refractivity contribution in [1.82, 2.24) is 10.9 Å². The molecule has 0 bridgehead atoms. The van der Waals surface area contributed by atoms with Gasteiger partial charge in [-0.05, 0) is 26.0 Å². The summed E-state index contributed by atoms with van der Waals surface area (Å²) in [5, 5.41) is 7.37. The van der Waals surface area contributed by atoms with Crippen molar-refractivity contribution in [1.29, 1.82) is 0 Å². The lowest BCUT2D eigenvalue weighted by molar-refractivity contribution is -0.139. The monoisotopic (exact) mass is 358 g/mol. The zero-order valence-electron chi connectivity index (χ0n) is 14.1. The number of nitrogens with zero attached hydrogens (tertiary/aromatic N) is 2. The molecular weight excluding hydrogens is 342 g/mol. The van der Waals surface area contributed by atoms with Crippen molar-refractivity contribution in [3.05, 3.63) is 71.3 Å². The summed E-state index contributed by atoms with van der Waals surface area (Å²) in [5.74, 6) is -3.19. The van der Waals surface area contributed by atoms with Gasteiger partial charge in [-0.1, -0.05) is 36.4 Å². The average Bonchev–Trinajstić information content (AvgIpc) is 2.64. The predicted molar refractivity (Wildman–Crippen MR) is 93.5 cm³/mol. The van der Waals surface area contributed by atoms with E-state index in [1.807, 2.05) is 10.9 Å². The molecule has 0 heterocycles. The number of hydrogen-bond acceptors (Lipinski definition) is 4. The highest BCUT2D eigenvalue weighted by molar-refractivity contribution is 6.35. The molecule has 0 spiro atoms. The number of benzene rings is 2. The number of carbonyl (C=O) groups is 2. The molecule has 2 N–H and O–H groups in total. The summed E-state index contributed by atoms with van der Waals surface area (Å²) in [4.78, 5) is 23.4. The zero-order valence-corrected chi connectivity index (χ0v) is 14.1. The maximum Gasteiger partial charge on any atom is 0.331 e. The Balaban J connectivity index is 1.99. The van der Waals surface area contributed by atoms with Gasteiger partial charge in [0.15, 0.2) is 0 Å². The number of nitrogens with one attached hydrogen (secondary N) is 2. The van der Waals surface area contributed by atoms with Crippen LogP contribution in [0.5, 0.6) is 0 Å². The largest absolute Gasteiger partial charge is 0.331 e. The van der Waals surface area contributed by atoms with E-state index in [1.165, 1.54) is 50.2 Å². The summed E-state index contributed by atoms with van der Waals surface area (Å²) >= 11 is 0. The lowest BCUT2D eigenvalue weighted by Crippen LogP contribution is -2.36. The van der Waals surface area contributed by atoms with Crippen LogP contribution in [0.4, 0.5) is 8.78 Å². The zero-order chi connectivity index (χ0) is 19.1. The highest BCUT2D eigenvalue weighted by atomic mass is 19.1. The van der Waals surface area contributed by atoms with E-state index in [0.29, 0.717) is 0 Å². The van der Waals surface area contributed by atoms with Crippen LogP contribution in [0.2, 0.25) is 0 Å². The third kappa shape index (κ3) is 4.79.